The van der Waals surface area contributed by atoms with E-state index >= 15 is 0 Å². The molecule has 182 valence electrons. The zero-order chi connectivity index (χ0) is 25.9. The third-order valence-corrected chi connectivity index (χ3v) is 7.05. The molecule has 0 saturated heterocycles. The fourth-order valence-corrected chi connectivity index (χ4v) is 5.45. The van der Waals surface area contributed by atoms with Crippen LogP contribution in [-0.4, -0.2) is 4.57 Å². The molecule has 0 aliphatic carbocycles. The molecule has 0 radical (unpaired) electrons. The number of aromatic nitrogens is 1. The summed E-state index contributed by atoms with van der Waals surface area (Å²) in [5.74, 6) is 0. The number of hydrogen-bond donors (Lipinski definition) is 0. The van der Waals surface area contributed by atoms with Crippen molar-refractivity contribution in [3.05, 3.63) is 152 Å². The normalized spacial score (nSPS) is 12.0. The largest absolute Gasteiger partial charge is 0.309 e. The zero-order valence-electron chi connectivity index (χ0n) is 21.5. The highest BCUT2D eigenvalue weighted by Crippen LogP contribution is 2.44. The van der Waals surface area contributed by atoms with Crippen LogP contribution < -0.4 is 0 Å². The van der Waals surface area contributed by atoms with E-state index in [-0.39, 0.29) is 0 Å². The molecule has 5 aromatic carbocycles. The highest BCUT2D eigenvalue weighted by Gasteiger charge is 2.21. The van der Waals surface area contributed by atoms with Gasteiger partial charge in [-0.2, -0.15) is 0 Å². The lowest BCUT2D eigenvalue weighted by atomic mass is 9.93. The molecular formula is C37H29N. The van der Waals surface area contributed by atoms with E-state index in [0.29, 0.717) is 0 Å². The number of hydrogen-bond acceptors (Lipinski definition) is 0. The number of fused-ring (bicyclic) bond motifs is 3. The highest BCUT2D eigenvalue weighted by molar-refractivity contribution is 6.20. The van der Waals surface area contributed by atoms with Gasteiger partial charge in [-0.3, -0.25) is 0 Å². The van der Waals surface area contributed by atoms with Crippen molar-refractivity contribution in [1.29, 1.82) is 0 Å². The van der Waals surface area contributed by atoms with Gasteiger partial charge in [0, 0.05) is 22.0 Å². The van der Waals surface area contributed by atoms with Crippen molar-refractivity contribution < 1.29 is 0 Å². The molecule has 1 heterocycles. The summed E-state index contributed by atoms with van der Waals surface area (Å²) in [4.78, 5) is 0. The minimum atomic E-state index is 1.08. The standard InChI is InChI=1S/C37H29N/c1-3-15-31(16-4-2)38-35-24-14-23-32(28-19-10-6-11-20-28)36(35)34-26-30(27-17-8-5-9-18-27)25-33(37(34)38)29-21-12-7-13-22-29/h3-26H,1H2,2H3/b16-4-,31-15+. The van der Waals surface area contributed by atoms with Crippen molar-refractivity contribution in [2.75, 3.05) is 0 Å². The van der Waals surface area contributed by atoms with Crippen molar-refractivity contribution in [2.45, 2.75) is 6.92 Å². The summed E-state index contributed by atoms with van der Waals surface area (Å²) in [5, 5.41) is 2.49. The van der Waals surface area contributed by atoms with Gasteiger partial charge < -0.3 is 4.57 Å². The van der Waals surface area contributed by atoms with Gasteiger partial charge in [0.05, 0.1) is 11.0 Å². The SMILES string of the molecule is C=C/C=C(\C=C/C)n1c2cccc(-c3ccccc3)c2c2cc(-c3ccccc3)cc(-c3ccccc3)c21. The van der Waals surface area contributed by atoms with Crippen LogP contribution in [0.4, 0.5) is 0 Å². The van der Waals surface area contributed by atoms with E-state index in [9.17, 15) is 0 Å². The Morgan fingerprint density at radius 2 is 1.24 bits per heavy atom. The Morgan fingerprint density at radius 1 is 0.632 bits per heavy atom. The average molecular weight is 488 g/mol. The minimum Gasteiger partial charge on any atom is -0.309 e. The maximum absolute atomic E-state index is 4.03. The van der Waals surface area contributed by atoms with Crippen LogP contribution in [0.2, 0.25) is 0 Å². The lowest BCUT2D eigenvalue weighted by molar-refractivity contribution is 1.24. The quantitative estimate of drug-likeness (QED) is 0.206. The second kappa shape index (κ2) is 10.2. The second-order valence-corrected chi connectivity index (χ2v) is 9.38. The van der Waals surface area contributed by atoms with E-state index < -0.39 is 0 Å². The lowest BCUT2D eigenvalue weighted by Gasteiger charge is -2.14. The molecule has 1 heteroatoms. The molecule has 1 aromatic heterocycles. The van der Waals surface area contributed by atoms with Crippen molar-refractivity contribution in [2.24, 2.45) is 0 Å². The van der Waals surface area contributed by atoms with Gasteiger partial charge in [0.25, 0.3) is 0 Å². The smallest absolute Gasteiger partial charge is 0.0620 e. The molecule has 0 N–H and O–H groups in total. The van der Waals surface area contributed by atoms with Crippen LogP contribution in [0, 0.1) is 0 Å². The zero-order valence-corrected chi connectivity index (χ0v) is 21.5. The monoisotopic (exact) mass is 487 g/mol. The van der Waals surface area contributed by atoms with Crippen LogP contribution in [0.25, 0.3) is 60.9 Å². The van der Waals surface area contributed by atoms with Gasteiger partial charge in [-0.05, 0) is 65.1 Å². The molecule has 0 bridgehead atoms. The van der Waals surface area contributed by atoms with Gasteiger partial charge in [-0.25, -0.2) is 0 Å². The number of allylic oxidation sites excluding steroid dienone is 5. The summed E-state index contributed by atoms with van der Waals surface area (Å²) < 4.78 is 2.40. The molecular weight excluding hydrogens is 458 g/mol. The summed E-state index contributed by atoms with van der Waals surface area (Å²) >= 11 is 0. The Labute approximate surface area is 224 Å². The van der Waals surface area contributed by atoms with E-state index in [0.717, 1.165) is 5.70 Å². The van der Waals surface area contributed by atoms with Crippen molar-refractivity contribution >= 4 is 27.5 Å². The van der Waals surface area contributed by atoms with Gasteiger partial charge in [0.1, 0.15) is 0 Å². The molecule has 0 saturated carbocycles. The number of nitrogens with zero attached hydrogens (tertiary/aromatic N) is 1. The molecule has 0 unspecified atom stereocenters. The van der Waals surface area contributed by atoms with Crippen LogP contribution in [0.1, 0.15) is 6.92 Å². The van der Waals surface area contributed by atoms with Gasteiger partial charge in [0.2, 0.25) is 0 Å². The molecule has 0 spiro atoms. The third-order valence-electron chi connectivity index (χ3n) is 7.05. The second-order valence-electron chi connectivity index (χ2n) is 9.38. The van der Waals surface area contributed by atoms with Crippen LogP contribution in [0.5, 0.6) is 0 Å². The first-order valence-corrected chi connectivity index (χ1v) is 13.0. The predicted molar refractivity (Wildman–Crippen MR) is 165 cm³/mol. The topological polar surface area (TPSA) is 4.93 Å². The molecule has 0 aliphatic rings. The summed E-state index contributed by atoms with van der Waals surface area (Å²) in [7, 11) is 0. The molecule has 0 atom stereocenters. The first-order valence-electron chi connectivity index (χ1n) is 13.0. The molecule has 0 fully saturated rings. The summed E-state index contributed by atoms with van der Waals surface area (Å²) in [6.07, 6.45) is 8.22. The fraction of sp³-hybridized carbons (Fsp3) is 0.0270. The average Bonchev–Trinajstić information content (AvgIpc) is 3.32. The van der Waals surface area contributed by atoms with Crippen molar-refractivity contribution in [1.82, 2.24) is 4.57 Å². The van der Waals surface area contributed by atoms with E-state index in [4.69, 9.17) is 0 Å². The van der Waals surface area contributed by atoms with Crippen LogP contribution in [-0.2, 0) is 0 Å². The Kier molecular flexibility index (Phi) is 6.34. The molecule has 1 nitrogen and oxygen atoms in total. The van der Waals surface area contributed by atoms with E-state index in [1.165, 1.54) is 55.2 Å². The maximum atomic E-state index is 4.03. The van der Waals surface area contributed by atoms with Crippen molar-refractivity contribution in [3.63, 3.8) is 0 Å². The molecule has 6 rings (SSSR count). The predicted octanol–water partition coefficient (Wildman–Crippen LogP) is 10.4. The summed E-state index contributed by atoms with van der Waals surface area (Å²) in [5.41, 5.74) is 10.7. The first kappa shape index (κ1) is 23.5. The van der Waals surface area contributed by atoms with Gasteiger partial charge in [-0.15, -0.1) is 0 Å². The van der Waals surface area contributed by atoms with E-state index in [2.05, 4.69) is 158 Å². The Balaban J connectivity index is 1.86. The summed E-state index contributed by atoms with van der Waals surface area (Å²) in [6, 6.07) is 43.4. The lowest BCUT2D eigenvalue weighted by Crippen LogP contribution is -1.97. The Hall–Kier alpha value is -4.88. The first-order chi connectivity index (χ1) is 18.8. The van der Waals surface area contributed by atoms with Crippen LogP contribution >= 0.6 is 0 Å². The highest BCUT2D eigenvalue weighted by atomic mass is 15.0. The Bertz CT molecular complexity index is 1800. The van der Waals surface area contributed by atoms with Gasteiger partial charge >= 0.3 is 0 Å². The van der Waals surface area contributed by atoms with E-state index in [1.54, 1.807) is 0 Å². The maximum Gasteiger partial charge on any atom is 0.0620 e. The van der Waals surface area contributed by atoms with Gasteiger partial charge in [0.15, 0.2) is 0 Å². The number of benzene rings is 5. The molecule has 0 amide bonds. The minimum absolute atomic E-state index is 1.08. The fourth-order valence-electron chi connectivity index (χ4n) is 5.45. The number of rotatable bonds is 6. The third kappa shape index (κ3) is 4.09. The van der Waals surface area contributed by atoms with E-state index in [1.807, 2.05) is 6.08 Å². The Morgan fingerprint density at radius 3 is 1.84 bits per heavy atom. The van der Waals surface area contributed by atoms with Crippen LogP contribution in [0.15, 0.2) is 152 Å². The van der Waals surface area contributed by atoms with Crippen molar-refractivity contribution in [3.8, 4) is 33.4 Å². The van der Waals surface area contributed by atoms with Crippen LogP contribution in [0.3, 0.4) is 0 Å². The van der Waals surface area contributed by atoms with Gasteiger partial charge in [-0.1, -0.05) is 122 Å². The summed E-state index contributed by atoms with van der Waals surface area (Å²) in [6.45, 7) is 6.09. The molecule has 0 aliphatic heterocycles. The molecule has 38 heavy (non-hydrogen) atoms. The molecule has 6 aromatic rings.